The number of carbonyl (C=O) groups excluding carboxylic acids is 1. The molecule has 0 aromatic heterocycles. The van der Waals surface area contributed by atoms with Gasteiger partial charge in [0.1, 0.15) is 11.7 Å². The summed E-state index contributed by atoms with van der Waals surface area (Å²) in [5, 5.41) is 11.5. The normalized spacial score (nSPS) is 8.36. The first-order chi connectivity index (χ1) is 5.33. The Morgan fingerprint density at radius 2 is 2.00 bits per heavy atom. The number of rotatable bonds is 2. The highest BCUT2D eigenvalue weighted by Crippen LogP contribution is 2.12. The molecule has 0 saturated carbocycles. The van der Waals surface area contributed by atoms with Crippen LogP contribution in [0.25, 0.3) is 0 Å². The maximum absolute atomic E-state index is 9.75. The maximum Gasteiger partial charge on any atom is 0.142 e. The molecule has 0 saturated heterocycles. The van der Waals surface area contributed by atoms with Gasteiger partial charge < -0.3 is 10.4 Å². The van der Waals surface area contributed by atoms with Crippen LogP contribution >= 0.6 is 0 Å². The Hall–Kier alpha value is -1.73. The Bertz CT molecular complexity index is 273. The second-order valence-corrected chi connectivity index (χ2v) is 1.95. The van der Waals surface area contributed by atoms with Gasteiger partial charge in [-0.25, -0.2) is 4.79 Å². The van der Waals surface area contributed by atoms with Gasteiger partial charge in [-0.15, -0.1) is 0 Å². The van der Waals surface area contributed by atoms with E-state index in [1.807, 2.05) is 0 Å². The second kappa shape index (κ2) is 3.44. The summed E-state index contributed by atoms with van der Waals surface area (Å²) in [6.07, 6.45) is 1.16. The number of anilines is 1. The topological polar surface area (TPSA) is 49.3 Å². The average molecular weight is 149 g/mol. The van der Waals surface area contributed by atoms with Crippen LogP contribution in [-0.4, -0.2) is 11.0 Å². The minimum absolute atomic E-state index is 0.200. The summed E-state index contributed by atoms with van der Waals surface area (Å²) in [5.41, 5.74) is 0.742. The Morgan fingerprint density at radius 3 is 2.55 bits per heavy atom. The molecule has 0 bridgehead atoms. The third kappa shape index (κ3) is 2.16. The molecule has 1 rings (SSSR count). The summed E-state index contributed by atoms with van der Waals surface area (Å²) in [6, 6.07) is 6.37. The van der Waals surface area contributed by atoms with Gasteiger partial charge in [-0.05, 0) is 24.3 Å². The molecular weight excluding hydrogens is 142 g/mol. The highest BCUT2D eigenvalue weighted by Gasteiger charge is 1.87. The van der Waals surface area contributed by atoms with Crippen LogP contribution in [0.1, 0.15) is 0 Å². The van der Waals surface area contributed by atoms with Crippen LogP contribution in [0.5, 0.6) is 5.75 Å². The van der Waals surface area contributed by atoms with Crippen molar-refractivity contribution in [1.29, 1.82) is 0 Å². The molecule has 3 heteroatoms. The predicted molar refractivity (Wildman–Crippen MR) is 42.0 cm³/mol. The molecule has 56 valence electrons. The van der Waals surface area contributed by atoms with Crippen LogP contribution in [0.15, 0.2) is 30.5 Å². The number of benzene rings is 1. The van der Waals surface area contributed by atoms with E-state index in [4.69, 9.17) is 5.11 Å². The Kier molecular flexibility index (Phi) is 2.31. The summed E-state index contributed by atoms with van der Waals surface area (Å²) >= 11 is 0. The van der Waals surface area contributed by atoms with Gasteiger partial charge in [0.25, 0.3) is 0 Å². The summed E-state index contributed by atoms with van der Waals surface area (Å²) in [6.45, 7) is 0. The van der Waals surface area contributed by atoms with Gasteiger partial charge in [-0.1, -0.05) is 0 Å². The van der Waals surface area contributed by atoms with Crippen molar-refractivity contribution in [1.82, 2.24) is 0 Å². The average Bonchev–Trinajstić information content (AvgIpc) is 2.04. The predicted octanol–water partition coefficient (Wildman–Crippen LogP) is 1.15. The molecule has 1 aromatic carbocycles. The van der Waals surface area contributed by atoms with Crippen molar-refractivity contribution in [3.63, 3.8) is 0 Å². The molecule has 0 radical (unpaired) electrons. The summed E-state index contributed by atoms with van der Waals surface area (Å²) in [7, 11) is 0. The minimum Gasteiger partial charge on any atom is -0.508 e. The van der Waals surface area contributed by atoms with Crippen molar-refractivity contribution in [3.05, 3.63) is 30.5 Å². The van der Waals surface area contributed by atoms with E-state index in [1.165, 1.54) is 12.1 Å². The van der Waals surface area contributed by atoms with Crippen LogP contribution in [0.3, 0.4) is 0 Å². The van der Waals surface area contributed by atoms with Crippen molar-refractivity contribution in [3.8, 4) is 5.75 Å². The highest BCUT2D eigenvalue weighted by molar-refractivity contribution is 5.56. The van der Waals surface area contributed by atoms with Crippen molar-refractivity contribution < 1.29 is 9.90 Å². The molecule has 0 aliphatic carbocycles. The molecule has 0 aliphatic heterocycles. The third-order valence-electron chi connectivity index (χ3n) is 1.17. The lowest BCUT2D eigenvalue weighted by atomic mass is 10.3. The summed E-state index contributed by atoms with van der Waals surface area (Å²) in [5.74, 6) is 1.78. The largest absolute Gasteiger partial charge is 0.508 e. The zero-order chi connectivity index (χ0) is 8.10. The number of nitrogens with one attached hydrogen (secondary N) is 1. The number of hydrogen-bond acceptors (Lipinski definition) is 3. The van der Waals surface area contributed by atoms with E-state index >= 15 is 0 Å². The van der Waals surface area contributed by atoms with Gasteiger partial charge in [0, 0.05) is 5.69 Å². The van der Waals surface area contributed by atoms with E-state index in [9.17, 15) is 4.79 Å². The zero-order valence-corrected chi connectivity index (χ0v) is 5.74. The van der Waals surface area contributed by atoms with Crippen molar-refractivity contribution >= 4 is 11.6 Å². The van der Waals surface area contributed by atoms with E-state index < -0.39 is 0 Å². The lowest BCUT2D eigenvalue weighted by Crippen LogP contribution is -1.85. The third-order valence-corrected chi connectivity index (χ3v) is 1.17. The molecule has 0 aliphatic rings. The minimum atomic E-state index is 0.200. The number of hydrogen-bond donors (Lipinski definition) is 2. The smallest absolute Gasteiger partial charge is 0.142 e. The van der Waals surface area contributed by atoms with E-state index in [-0.39, 0.29) is 5.75 Å². The number of phenolic OH excluding ortho intramolecular Hbond substituents is 1. The van der Waals surface area contributed by atoms with Gasteiger partial charge in [0.15, 0.2) is 0 Å². The van der Waals surface area contributed by atoms with E-state index in [2.05, 4.69) is 5.32 Å². The van der Waals surface area contributed by atoms with E-state index in [0.717, 1.165) is 11.9 Å². The summed E-state index contributed by atoms with van der Waals surface area (Å²) in [4.78, 5) is 9.75. The molecule has 0 heterocycles. The van der Waals surface area contributed by atoms with Gasteiger partial charge in [-0.2, -0.15) is 0 Å². The lowest BCUT2D eigenvalue weighted by Gasteiger charge is -1.97. The fraction of sp³-hybridized carbons (Fsp3) is 0. The molecule has 3 nitrogen and oxygen atoms in total. The monoisotopic (exact) mass is 149 g/mol. The van der Waals surface area contributed by atoms with E-state index in [1.54, 1.807) is 18.1 Å². The molecule has 0 unspecified atom stereocenters. The molecule has 0 fully saturated rings. The molecule has 2 N–H and O–H groups in total. The Labute approximate surface area is 64.0 Å². The van der Waals surface area contributed by atoms with Crippen LogP contribution in [0.4, 0.5) is 5.69 Å². The first kappa shape index (κ1) is 7.38. The van der Waals surface area contributed by atoms with Crippen LogP contribution < -0.4 is 5.32 Å². The number of aromatic hydroxyl groups is 1. The molecule has 0 spiro atoms. The van der Waals surface area contributed by atoms with E-state index in [0.29, 0.717) is 0 Å². The fourth-order valence-electron chi connectivity index (χ4n) is 0.670. The Morgan fingerprint density at radius 1 is 1.36 bits per heavy atom. The zero-order valence-electron chi connectivity index (χ0n) is 5.74. The van der Waals surface area contributed by atoms with Crippen LogP contribution in [0.2, 0.25) is 0 Å². The maximum atomic E-state index is 9.75. The fourth-order valence-corrected chi connectivity index (χ4v) is 0.670. The van der Waals surface area contributed by atoms with Gasteiger partial charge in [0.2, 0.25) is 0 Å². The van der Waals surface area contributed by atoms with Crippen LogP contribution in [-0.2, 0) is 4.79 Å². The SMILES string of the molecule is O=C=CNc1ccc(O)cc1. The van der Waals surface area contributed by atoms with Crippen molar-refractivity contribution in [2.24, 2.45) is 0 Å². The Balaban J connectivity index is 2.73. The quantitative estimate of drug-likeness (QED) is 0.489. The second-order valence-electron chi connectivity index (χ2n) is 1.95. The summed E-state index contributed by atoms with van der Waals surface area (Å²) < 4.78 is 0. The van der Waals surface area contributed by atoms with Gasteiger partial charge >= 0.3 is 0 Å². The first-order valence-corrected chi connectivity index (χ1v) is 3.08. The van der Waals surface area contributed by atoms with Gasteiger partial charge in [-0.3, -0.25) is 0 Å². The molecular formula is C8H7NO2. The highest BCUT2D eigenvalue weighted by atomic mass is 16.3. The molecule has 0 atom stereocenters. The standard InChI is InChI=1S/C8H7NO2/c10-6-5-9-7-1-3-8(11)4-2-7/h1-5,9,11H. The first-order valence-electron chi connectivity index (χ1n) is 3.08. The molecule has 0 amide bonds. The number of phenols is 1. The molecule has 11 heavy (non-hydrogen) atoms. The lowest BCUT2D eigenvalue weighted by molar-refractivity contribution is 0.475. The molecule has 1 aromatic rings. The van der Waals surface area contributed by atoms with Crippen LogP contribution in [0, 0.1) is 0 Å². The van der Waals surface area contributed by atoms with Crippen molar-refractivity contribution in [2.45, 2.75) is 0 Å². The van der Waals surface area contributed by atoms with Crippen molar-refractivity contribution in [2.75, 3.05) is 5.32 Å². The van der Waals surface area contributed by atoms with Gasteiger partial charge in [0.05, 0.1) is 6.20 Å².